The Morgan fingerprint density at radius 1 is 1.11 bits per heavy atom. The van der Waals surface area contributed by atoms with Crippen molar-refractivity contribution >= 4 is 33.5 Å². The molecule has 7 heteroatoms. The third-order valence-electron chi connectivity index (χ3n) is 3.76. The number of halogens is 1. The van der Waals surface area contributed by atoms with Crippen molar-refractivity contribution in [1.82, 2.24) is 0 Å². The van der Waals surface area contributed by atoms with Gasteiger partial charge < -0.3 is 14.4 Å². The summed E-state index contributed by atoms with van der Waals surface area (Å²) in [6.45, 7) is 0.265. The minimum atomic E-state index is -0.459. The molecule has 0 saturated heterocycles. The molecule has 0 atom stereocenters. The maximum Gasteiger partial charge on any atom is 0.306 e. The van der Waals surface area contributed by atoms with E-state index in [9.17, 15) is 9.59 Å². The van der Waals surface area contributed by atoms with E-state index in [-0.39, 0.29) is 31.9 Å². The quantitative estimate of drug-likeness (QED) is 0.407. The lowest BCUT2D eigenvalue weighted by molar-refractivity contribution is -0.148. The number of para-hydroxylation sites is 1. The normalized spacial score (nSPS) is 10.0. The van der Waals surface area contributed by atoms with Crippen LogP contribution in [-0.2, 0) is 14.3 Å². The van der Waals surface area contributed by atoms with Crippen LogP contribution >= 0.6 is 15.9 Å². The summed E-state index contributed by atoms with van der Waals surface area (Å²) in [5.41, 5.74) is 0.668. The molecular weight excluding hydrogens is 424 g/mol. The number of benzene rings is 2. The van der Waals surface area contributed by atoms with E-state index >= 15 is 0 Å². The zero-order valence-electron chi connectivity index (χ0n) is 15.3. The van der Waals surface area contributed by atoms with Gasteiger partial charge in [-0.05, 0) is 36.8 Å². The number of nitrogens with zero attached hydrogens (tertiary/aromatic N) is 2. The predicted molar refractivity (Wildman–Crippen MR) is 109 cm³/mol. The largest absolute Gasteiger partial charge is 0.494 e. The Bertz CT molecular complexity index is 821. The molecule has 0 aromatic heterocycles. The summed E-state index contributed by atoms with van der Waals surface area (Å²) >= 11 is 3.36. The molecule has 0 aliphatic rings. The van der Waals surface area contributed by atoms with Crippen LogP contribution in [0.15, 0.2) is 59.1 Å². The molecule has 0 radical (unpaired) electrons. The van der Waals surface area contributed by atoms with E-state index in [0.717, 1.165) is 4.47 Å². The summed E-state index contributed by atoms with van der Waals surface area (Å²) in [5.74, 6) is -0.103. The van der Waals surface area contributed by atoms with Crippen LogP contribution in [0.3, 0.4) is 0 Å². The molecule has 0 aliphatic heterocycles. The third-order valence-corrected chi connectivity index (χ3v) is 4.26. The van der Waals surface area contributed by atoms with E-state index in [2.05, 4.69) is 15.9 Å². The Hall–Kier alpha value is -2.85. The summed E-state index contributed by atoms with van der Waals surface area (Å²) in [6, 6.07) is 18.5. The van der Waals surface area contributed by atoms with Crippen molar-refractivity contribution in [1.29, 1.82) is 5.26 Å². The fourth-order valence-electron chi connectivity index (χ4n) is 2.42. The monoisotopic (exact) mass is 444 g/mol. The average molecular weight is 445 g/mol. The number of amides is 1. The van der Waals surface area contributed by atoms with E-state index in [0.29, 0.717) is 24.5 Å². The molecule has 0 aliphatic carbocycles. The molecule has 0 heterocycles. The molecule has 0 spiro atoms. The Balaban J connectivity index is 1.74. The summed E-state index contributed by atoms with van der Waals surface area (Å²) in [7, 11) is 0. The molecule has 2 aromatic rings. The van der Waals surface area contributed by atoms with Gasteiger partial charge in [0.2, 0.25) is 0 Å². The summed E-state index contributed by atoms with van der Waals surface area (Å²) in [5, 5.41) is 8.79. The Morgan fingerprint density at radius 2 is 1.89 bits per heavy atom. The van der Waals surface area contributed by atoms with Crippen molar-refractivity contribution < 1.29 is 19.1 Å². The first-order chi connectivity index (χ1) is 13.6. The van der Waals surface area contributed by atoms with E-state index in [1.807, 2.05) is 36.4 Å². The van der Waals surface area contributed by atoms with Gasteiger partial charge in [0.05, 0.1) is 19.1 Å². The molecule has 2 aromatic carbocycles. The Kier molecular flexibility index (Phi) is 9.02. The Labute approximate surface area is 172 Å². The Morgan fingerprint density at radius 3 is 2.61 bits per heavy atom. The molecule has 1 amide bonds. The lowest BCUT2D eigenvalue weighted by Crippen LogP contribution is -2.35. The number of ether oxygens (including phenoxy) is 2. The maximum atomic E-state index is 12.4. The molecular formula is C21H21BrN2O4. The van der Waals surface area contributed by atoms with Crippen molar-refractivity contribution in [3.05, 3.63) is 59.1 Å². The molecule has 0 bridgehead atoms. The topological polar surface area (TPSA) is 79.6 Å². The highest BCUT2D eigenvalue weighted by molar-refractivity contribution is 9.10. The lowest BCUT2D eigenvalue weighted by Gasteiger charge is -2.21. The van der Waals surface area contributed by atoms with Gasteiger partial charge in [-0.15, -0.1) is 0 Å². The highest BCUT2D eigenvalue weighted by Gasteiger charge is 2.17. The van der Waals surface area contributed by atoms with E-state index < -0.39 is 5.97 Å². The summed E-state index contributed by atoms with van der Waals surface area (Å²) in [4.78, 5) is 25.7. The highest BCUT2D eigenvalue weighted by atomic mass is 79.9. The number of anilines is 1. The second-order valence-electron chi connectivity index (χ2n) is 5.86. The number of rotatable bonds is 10. The first-order valence-corrected chi connectivity index (χ1v) is 9.66. The summed E-state index contributed by atoms with van der Waals surface area (Å²) < 4.78 is 11.6. The highest BCUT2D eigenvalue weighted by Crippen LogP contribution is 2.18. The average Bonchev–Trinajstić information content (AvgIpc) is 2.71. The van der Waals surface area contributed by atoms with Gasteiger partial charge in [-0.2, -0.15) is 5.26 Å². The minimum absolute atomic E-state index is 0.158. The molecule has 6 nitrogen and oxygen atoms in total. The fourth-order valence-corrected chi connectivity index (χ4v) is 2.80. The van der Waals surface area contributed by atoms with Gasteiger partial charge in [0.1, 0.15) is 5.75 Å². The van der Waals surface area contributed by atoms with Gasteiger partial charge in [0.25, 0.3) is 5.91 Å². The molecule has 0 fully saturated rings. The molecule has 2 rings (SSSR count). The molecule has 146 valence electrons. The smallest absolute Gasteiger partial charge is 0.306 e. The van der Waals surface area contributed by atoms with Crippen molar-refractivity contribution in [2.24, 2.45) is 0 Å². The number of hydrogen-bond acceptors (Lipinski definition) is 5. The van der Waals surface area contributed by atoms with Crippen LogP contribution < -0.4 is 9.64 Å². The zero-order valence-corrected chi connectivity index (χ0v) is 16.9. The van der Waals surface area contributed by atoms with E-state index in [1.165, 1.54) is 4.90 Å². The van der Waals surface area contributed by atoms with Crippen LogP contribution in [-0.4, -0.2) is 31.6 Å². The second kappa shape index (κ2) is 11.8. The number of nitriles is 1. The van der Waals surface area contributed by atoms with Gasteiger partial charge in [-0.3, -0.25) is 9.59 Å². The van der Waals surface area contributed by atoms with Gasteiger partial charge >= 0.3 is 5.97 Å². The van der Waals surface area contributed by atoms with Crippen molar-refractivity contribution in [3.8, 4) is 11.8 Å². The second-order valence-corrected chi connectivity index (χ2v) is 6.77. The van der Waals surface area contributed by atoms with Crippen LogP contribution in [0.2, 0.25) is 0 Å². The van der Waals surface area contributed by atoms with Crippen LogP contribution in [0, 0.1) is 11.3 Å². The van der Waals surface area contributed by atoms with E-state index in [1.54, 1.807) is 24.3 Å². The van der Waals surface area contributed by atoms with Crippen molar-refractivity contribution in [2.75, 3.05) is 24.7 Å². The third kappa shape index (κ3) is 7.41. The lowest BCUT2D eigenvalue weighted by atomic mass is 10.2. The number of carbonyl (C=O) groups is 2. The SMILES string of the molecule is N#CCCN(C(=O)COC(=O)CCCOc1cccc(Br)c1)c1ccccc1. The van der Waals surface area contributed by atoms with Gasteiger partial charge in [0.15, 0.2) is 6.61 Å². The number of esters is 1. The van der Waals surface area contributed by atoms with Crippen LogP contribution in [0.4, 0.5) is 5.69 Å². The van der Waals surface area contributed by atoms with Crippen molar-refractivity contribution in [3.63, 3.8) is 0 Å². The first-order valence-electron chi connectivity index (χ1n) is 8.86. The van der Waals surface area contributed by atoms with Gasteiger partial charge in [-0.1, -0.05) is 40.2 Å². The molecule has 0 unspecified atom stereocenters. The fraction of sp³-hybridized carbons (Fsp3) is 0.286. The van der Waals surface area contributed by atoms with Crippen molar-refractivity contribution in [2.45, 2.75) is 19.3 Å². The standard InChI is InChI=1S/C21H21BrN2O4/c22-17-7-4-10-19(15-17)27-14-5-11-21(26)28-16-20(25)24(13-6-12-23)18-8-2-1-3-9-18/h1-4,7-10,15H,5-6,11,13-14,16H2. The molecule has 0 N–H and O–H groups in total. The van der Waals surface area contributed by atoms with Crippen LogP contribution in [0.25, 0.3) is 0 Å². The van der Waals surface area contributed by atoms with Gasteiger partial charge in [0, 0.05) is 23.1 Å². The summed E-state index contributed by atoms with van der Waals surface area (Å²) in [6.07, 6.45) is 0.836. The van der Waals surface area contributed by atoms with Crippen LogP contribution in [0.1, 0.15) is 19.3 Å². The first kappa shape index (κ1) is 21.5. The number of carbonyl (C=O) groups excluding carboxylic acids is 2. The number of hydrogen-bond donors (Lipinski definition) is 0. The van der Waals surface area contributed by atoms with Gasteiger partial charge in [-0.25, -0.2) is 0 Å². The molecule has 0 saturated carbocycles. The molecule has 28 heavy (non-hydrogen) atoms. The zero-order chi connectivity index (χ0) is 20.2. The van der Waals surface area contributed by atoms with E-state index in [4.69, 9.17) is 14.7 Å². The van der Waals surface area contributed by atoms with Crippen LogP contribution in [0.5, 0.6) is 5.75 Å². The minimum Gasteiger partial charge on any atom is -0.494 e. The predicted octanol–water partition coefficient (Wildman–Crippen LogP) is 4.10. The maximum absolute atomic E-state index is 12.4.